The van der Waals surface area contributed by atoms with E-state index in [1.807, 2.05) is 20.8 Å². The van der Waals surface area contributed by atoms with Gasteiger partial charge in [-0.15, -0.1) is 0 Å². The van der Waals surface area contributed by atoms with Crippen LogP contribution < -0.4 is 31.9 Å². The van der Waals surface area contributed by atoms with Crippen molar-refractivity contribution in [3.05, 3.63) is 0 Å². The normalized spacial score (nSPS) is 25.5. The van der Waals surface area contributed by atoms with Crippen LogP contribution in [0.2, 0.25) is 0 Å². The van der Waals surface area contributed by atoms with Crippen LogP contribution in [0, 0.1) is 34.0 Å². The quantitative estimate of drug-likeness (QED) is 0.150. The summed E-state index contributed by atoms with van der Waals surface area (Å²) in [5.41, 5.74) is 1.30. The van der Waals surface area contributed by atoms with Crippen LogP contribution in [0.1, 0.15) is 179 Å². The fraction of sp³-hybridized carbons (Fsp3) is 0.929. The van der Waals surface area contributed by atoms with Crippen molar-refractivity contribution in [2.24, 2.45) is 34.0 Å². The van der Waals surface area contributed by atoms with Gasteiger partial charge in [-0.2, -0.15) is 0 Å². The zero-order valence-electron chi connectivity index (χ0n) is 35.6. The Morgan fingerprint density at radius 1 is 0.510 bits per heavy atom. The van der Waals surface area contributed by atoms with Crippen molar-refractivity contribution in [2.45, 2.75) is 204 Å². The van der Waals surface area contributed by atoms with Crippen LogP contribution >= 0.6 is 0 Å². The number of rotatable bonds is 8. The summed E-state index contributed by atoms with van der Waals surface area (Å²) < 4.78 is 0. The molecule has 0 unspecified atom stereocenters. The Labute approximate surface area is 314 Å². The van der Waals surface area contributed by atoms with E-state index in [0.717, 1.165) is 56.3 Å². The van der Waals surface area contributed by atoms with Gasteiger partial charge >= 0.3 is 18.1 Å². The highest BCUT2D eigenvalue weighted by Crippen LogP contribution is 2.36. The number of carbonyl (C=O) groups excluding carboxylic acids is 3. The second kappa shape index (κ2) is 22.8. The Bertz CT molecular complexity index is 972. The Kier molecular flexibility index (Phi) is 20.9. The van der Waals surface area contributed by atoms with Gasteiger partial charge in [0.1, 0.15) is 0 Å². The molecule has 6 amide bonds. The van der Waals surface area contributed by atoms with Crippen molar-refractivity contribution in [2.75, 3.05) is 13.6 Å². The fourth-order valence-electron chi connectivity index (χ4n) is 8.27. The summed E-state index contributed by atoms with van der Waals surface area (Å²) >= 11 is 0. The molecule has 0 saturated heterocycles. The van der Waals surface area contributed by atoms with E-state index < -0.39 is 0 Å². The zero-order valence-corrected chi connectivity index (χ0v) is 35.6. The smallest absolute Gasteiger partial charge is 0.315 e. The highest BCUT2D eigenvalue weighted by Gasteiger charge is 2.28. The maximum atomic E-state index is 11.6. The zero-order chi connectivity index (χ0) is 38.8. The predicted molar refractivity (Wildman–Crippen MR) is 216 cm³/mol. The maximum Gasteiger partial charge on any atom is 0.315 e. The topological polar surface area (TPSA) is 123 Å². The molecular weight excluding hydrogens is 637 g/mol. The van der Waals surface area contributed by atoms with E-state index in [4.69, 9.17) is 0 Å². The molecule has 0 atom stereocenters. The molecule has 0 bridgehead atoms. The first-order chi connectivity index (χ1) is 23.6. The molecule has 3 aliphatic rings. The summed E-state index contributed by atoms with van der Waals surface area (Å²) in [6.45, 7) is 27.4. The highest BCUT2D eigenvalue weighted by atomic mass is 16.2. The van der Waals surface area contributed by atoms with Crippen molar-refractivity contribution in [3.8, 4) is 0 Å². The Hall–Kier alpha value is -2.19. The van der Waals surface area contributed by atoms with E-state index in [1.54, 1.807) is 7.05 Å². The third kappa shape index (κ3) is 24.6. The molecule has 300 valence electrons. The van der Waals surface area contributed by atoms with Gasteiger partial charge in [-0.25, -0.2) is 14.4 Å². The largest absolute Gasteiger partial charge is 0.341 e. The molecule has 0 radical (unpaired) electrons. The van der Waals surface area contributed by atoms with Gasteiger partial charge in [-0.05, 0) is 151 Å². The second-order valence-corrected chi connectivity index (χ2v) is 19.9. The molecule has 3 saturated carbocycles. The summed E-state index contributed by atoms with van der Waals surface area (Å²) in [7, 11) is 1.67. The maximum absolute atomic E-state index is 11.6. The molecule has 9 nitrogen and oxygen atoms in total. The van der Waals surface area contributed by atoms with Gasteiger partial charge in [0.2, 0.25) is 0 Å². The van der Waals surface area contributed by atoms with E-state index in [9.17, 15) is 14.4 Å². The van der Waals surface area contributed by atoms with E-state index in [-0.39, 0.29) is 24.1 Å². The summed E-state index contributed by atoms with van der Waals surface area (Å²) in [5.74, 6) is 2.54. The third-order valence-corrected chi connectivity index (χ3v) is 10.2. The molecule has 3 aliphatic carbocycles. The summed E-state index contributed by atoms with van der Waals surface area (Å²) in [4.78, 5) is 34.2. The van der Waals surface area contributed by atoms with Crippen LogP contribution in [-0.2, 0) is 0 Å². The molecule has 9 heteroatoms. The van der Waals surface area contributed by atoms with Crippen LogP contribution in [0.25, 0.3) is 0 Å². The lowest BCUT2D eigenvalue weighted by Crippen LogP contribution is -2.45. The molecular formula is C42H84N6O3. The lowest BCUT2D eigenvalue weighted by atomic mass is 9.76. The van der Waals surface area contributed by atoms with E-state index in [1.165, 1.54) is 57.8 Å². The van der Waals surface area contributed by atoms with Gasteiger partial charge < -0.3 is 31.9 Å². The Morgan fingerprint density at radius 2 is 0.804 bits per heavy atom. The first kappa shape index (κ1) is 46.8. The molecule has 0 aromatic carbocycles. The van der Waals surface area contributed by atoms with Gasteiger partial charge in [-0.3, -0.25) is 0 Å². The first-order valence-corrected chi connectivity index (χ1v) is 20.7. The van der Waals surface area contributed by atoms with Gasteiger partial charge in [0.25, 0.3) is 0 Å². The van der Waals surface area contributed by atoms with Gasteiger partial charge in [0.15, 0.2) is 0 Å². The Balaban J connectivity index is 0.000000383. The van der Waals surface area contributed by atoms with Gasteiger partial charge in [0.05, 0.1) is 0 Å². The second-order valence-electron chi connectivity index (χ2n) is 19.9. The summed E-state index contributed by atoms with van der Waals surface area (Å²) in [6, 6.07) is 1.30. The highest BCUT2D eigenvalue weighted by molar-refractivity contribution is 5.74. The lowest BCUT2D eigenvalue weighted by molar-refractivity contribution is 0.205. The SMILES string of the molecule is CC(C)NC(=O)NC1CCC(CC(C)(C)C)CC1.CCNC(=O)NC1CCC(CC(C)(C)C)CC1.CNC(=O)NC1CCC(CC(C)(C)C)CC1. The van der Waals surface area contributed by atoms with Crippen LogP contribution in [0.15, 0.2) is 0 Å². The van der Waals surface area contributed by atoms with Crippen LogP contribution in [-0.4, -0.2) is 55.9 Å². The molecule has 3 fully saturated rings. The van der Waals surface area contributed by atoms with Crippen molar-refractivity contribution in [3.63, 3.8) is 0 Å². The minimum absolute atomic E-state index is 0.00762. The van der Waals surface area contributed by atoms with Crippen LogP contribution in [0.5, 0.6) is 0 Å². The summed E-state index contributed by atoms with van der Waals surface area (Å²) in [5, 5.41) is 17.4. The summed E-state index contributed by atoms with van der Waals surface area (Å²) in [6.07, 6.45) is 18.3. The molecule has 0 aliphatic heterocycles. The standard InChI is InChI=1S/C15H30N2O.C14H28N2O.C13H26N2O/c1-11(2)16-14(18)17-13-8-6-12(7-9-13)10-15(3,4)5;1-5-15-13(17)16-12-8-6-11(7-9-12)10-14(2,3)4;1-13(2,3)9-10-5-7-11(8-6-10)15-12(16)14-4/h11-13H,6-10H2,1-5H3,(H2,16,17,18);11-12H,5-10H2,1-4H3,(H2,15,16,17);10-11H,5-9H2,1-4H3,(H2,14,15,16). The molecule has 0 aromatic heterocycles. The fourth-order valence-corrected chi connectivity index (χ4v) is 8.27. The van der Waals surface area contributed by atoms with E-state index in [0.29, 0.717) is 40.9 Å². The van der Waals surface area contributed by atoms with Crippen LogP contribution in [0.3, 0.4) is 0 Å². The number of carbonyl (C=O) groups is 3. The average Bonchev–Trinajstić information content (AvgIpc) is 2.98. The minimum atomic E-state index is -0.0423. The first-order valence-electron chi connectivity index (χ1n) is 20.7. The average molecular weight is 721 g/mol. The van der Waals surface area contributed by atoms with E-state index in [2.05, 4.69) is 94.2 Å². The van der Waals surface area contributed by atoms with Crippen molar-refractivity contribution in [1.82, 2.24) is 31.9 Å². The van der Waals surface area contributed by atoms with Gasteiger partial charge in [0, 0.05) is 37.8 Å². The monoisotopic (exact) mass is 721 g/mol. The van der Waals surface area contributed by atoms with Crippen molar-refractivity contribution in [1.29, 1.82) is 0 Å². The molecule has 3 rings (SSSR count). The number of nitrogens with one attached hydrogen (secondary N) is 6. The molecule has 0 aromatic rings. The van der Waals surface area contributed by atoms with E-state index >= 15 is 0 Å². The molecule has 51 heavy (non-hydrogen) atoms. The number of hydrogen-bond acceptors (Lipinski definition) is 3. The predicted octanol–water partition coefficient (Wildman–Crippen LogP) is 9.90. The third-order valence-electron chi connectivity index (χ3n) is 10.2. The molecule has 6 N–H and O–H groups in total. The minimum Gasteiger partial charge on any atom is -0.341 e. The number of urea groups is 3. The van der Waals surface area contributed by atoms with Crippen LogP contribution in [0.4, 0.5) is 14.4 Å². The lowest BCUT2D eigenvalue weighted by Gasteiger charge is -2.33. The number of hydrogen-bond donors (Lipinski definition) is 6. The molecule has 0 heterocycles. The van der Waals surface area contributed by atoms with Crippen molar-refractivity contribution >= 4 is 18.1 Å². The Morgan fingerprint density at radius 3 is 1.06 bits per heavy atom. The molecule has 0 spiro atoms. The van der Waals surface area contributed by atoms with Gasteiger partial charge in [-0.1, -0.05) is 62.3 Å². The van der Waals surface area contributed by atoms with Crippen molar-refractivity contribution < 1.29 is 14.4 Å². The number of amides is 6.